The number of sulfonamides is 1. The van der Waals surface area contributed by atoms with Crippen molar-refractivity contribution >= 4 is 27.6 Å². The smallest absolute Gasteiger partial charge is 0.308 e. The molecule has 1 saturated heterocycles. The number of anilines is 1. The van der Waals surface area contributed by atoms with E-state index in [9.17, 15) is 23.1 Å². The minimum atomic E-state index is -3.48. The monoisotopic (exact) mass is 591 g/mol. The lowest BCUT2D eigenvalue weighted by Crippen LogP contribution is -2.46. The molecule has 0 radical (unpaired) electrons. The van der Waals surface area contributed by atoms with Crippen LogP contribution in [0.1, 0.15) is 37.7 Å². The second-order valence-corrected chi connectivity index (χ2v) is 12.3. The number of aliphatic carboxylic acids is 1. The third-order valence-electron chi connectivity index (χ3n) is 7.56. The average Bonchev–Trinajstić information content (AvgIpc) is 3.52. The highest BCUT2D eigenvalue weighted by atomic mass is 32.2. The molecule has 1 amide bonds. The summed E-state index contributed by atoms with van der Waals surface area (Å²) in [6.45, 7) is 2.92. The van der Waals surface area contributed by atoms with E-state index in [2.05, 4.69) is 11.6 Å². The summed E-state index contributed by atoms with van der Waals surface area (Å²) in [5, 5.41) is 10.4. The average molecular weight is 592 g/mol. The molecule has 1 fully saturated rings. The Kier molecular flexibility index (Phi) is 9.72. The molecule has 2 aliphatic rings. The number of nitrogens with zero attached hydrogens (tertiary/aromatic N) is 3. The summed E-state index contributed by atoms with van der Waals surface area (Å²) in [6.07, 6.45) is 6.76. The topological polar surface area (TPSA) is 139 Å². The number of amides is 1. The van der Waals surface area contributed by atoms with E-state index in [1.54, 1.807) is 17.0 Å². The summed E-state index contributed by atoms with van der Waals surface area (Å²) in [5.74, 6) is -1.23. The second-order valence-electron chi connectivity index (χ2n) is 10.5. The zero-order valence-electron chi connectivity index (χ0n) is 23.9. The van der Waals surface area contributed by atoms with Crippen LogP contribution < -0.4 is 28.4 Å². The molecule has 41 heavy (non-hydrogen) atoms. The van der Waals surface area contributed by atoms with Crippen LogP contribution in [0.15, 0.2) is 36.7 Å². The van der Waals surface area contributed by atoms with Crippen molar-refractivity contribution in [2.75, 3.05) is 51.2 Å². The molecule has 2 aromatic rings. The first kappa shape index (κ1) is 30.5. The molecule has 0 bridgehead atoms. The molecular weight excluding hydrogens is 552 g/mol. The Bertz CT molecular complexity index is 1370. The standard InChI is InChI=1S/C28H38N4O8S/c1-5-6-12-32(20-8-7-11-30(2)15-20)25(33)17-31-16-21(19-13-23(38-3)27-24(14-19)39-18-40-27)26(28(34)35)22(31)9-10-29-41(4,36)37/h7-8,11,13-15,21-22,26,29H,5-6,9-10,12,16-18H2,1-4H3/p+1/t21-,22+,26-/m1/s1. The number of benzene rings is 1. The van der Waals surface area contributed by atoms with E-state index in [0.29, 0.717) is 29.4 Å². The van der Waals surface area contributed by atoms with Crippen molar-refractivity contribution in [3.05, 3.63) is 42.2 Å². The van der Waals surface area contributed by atoms with E-state index in [-0.39, 0.29) is 38.8 Å². The van der Waals surface area contributed by atoms with Crippen LogP contribution in [0.25, 0.3) is 0 Å². The maximum atomic E-state index is 13.8. The zero-order chi connectivity index (χ0) is 29.7. The van der Waals surface area contributed by atoms with Crippen LogP contribution in [0.2, 0.25) is 0 Å². The van der Waals surface area contributed by atoms with E-state index in [1.807, 2.05) is 41.0 Å². The molecule has 4 rings (SSSR count). The Morgan fingerprint density at radius 1 is 1.29 bits per heavy atom. The Hall–Kier alpha value is -3.42. The number of rotatable bonds is 13. The fourth-order valence-corrected chi connectivity index (χ4v) is 6.14. The predicted molar refractivity (Wildman–Crippen MR) is 151 cm³/mol. The maximum absolute atomic E-state index is 13.8. The van der Waals surface area contributed by atoms with E-state index in [0.717, 1.165) is 24.8 Å². The van der Waals surface area contributed by atoms with Gasteiger partial charge in [-0.3, -0.25) is 14.5 Å². The van der Waals surface area contributed by atoms with Gasteiger partial charge in [0.2, 0.25) is 28.5 Å². The van der Waals surface area contributed by atoms with E-state index >= 15 is 0 Å². The van der Waals surface area contributed by atoms with Crippen molar-refractivity contribution in [3.63, 3.8) is 0 Å². The van der Waals surface area contributed by atoms with Crippen LogP contribution in [-0.4, -0.2) is 82.7 Å². The molecule has 13 heteroatoms. The number of pyridine rings is 1. The molecule has 2 N–H and O–H groups in total. The number of unbranched alkanes of at least 4 members (excludes halogenated alkanes) is 1. The van der Waals surface area contributed by atoms with Gasteiger partial charge in [0.1, 0.15) is 12.7 Å². The van der Waals surface area contributed by atoms with Crippen molar-refractivity contribution in [2.24, 2.45) is 13.0 Å². The molecule has 0 aliphatic carbocycles. The Morgan fingerprint density at radius 2 is 2.07 bits per heavy atom. The fourth-order valence-electron chi connectivity index (χ4n) is 5.65. The van der Waals surface area contributed by atoms with Gasteiger partial charge in [-0.2, -0.15) is 0 Å². The molecule has 0 spiro atoms. The van der Waals surface area contributed by atoms with Gasteiger partial charge in [0, 0.05) is 37.7 Å². The van der Waals surface area contributed by atoms with Gasteiger partial charge in [-0.1, -0.05) is 13.3 Å². The highest BCUT2D eigenvalue weighted by Crippen LogP contribution is 2.47. The lowest BCUT2D eigenvalue weighted by Gasteiger charge is -2.29. The Morgan fingerprint density at radius 3 is 2.73 bits per heavy atom. The number of carbonyl (C=O) groups is 2. The molecule has 1 aromatic carbocycles. The van der Waals surface area contributed by atoms with Gasteiger partial charge in [0.05, 0.1) is 25.8 Å². The van der Waals surface area contributed by atoms with Crippen molar-refractivity contribution in [1.82, 2.24) is 9.62 Å². The SMILES string of the molecule is CCCCN(C(=O)CN1C[C@H](c2cc(OC)c3c(c2)OCO3)[C@@H](C(=O)O)[C@@H]1CCNS(C)(=O)=O)c1ccc[n+](C)c1. The molecule has 224 valence electrons. The third-order valence-corrected chi connectivity index (χ3v) is 8.29. The summed E-state index contributed by atoms with van der Waals surface area (Å²) in [5.41, 5.74) is 1.45. The summed E-state index contributed by atoms with van der Waals surface area (Å²) in [7, 11) is -0.0885. The third kappa shape index (κ3) is 7.27. The number of ether oxygens (including phenoxy) is 3. The van der Waals surface area contributed by atoms with Gasteiger partial charge >= 0.3 is 5.97 Å². The van der Waals surface area contributed by atoms with Gasteiger partial charge in [-0.05, 0) is 36.6 Å². The van der Waals surface area contributed by atoms with Crippen molar-refractivity contribution in [1.29, 1.82) is 0 Å². The van der Waals surface area contributed by atoms with Gasteiger partial charge in [-0.25, -0.2) is 17.7 Å². The number of hydrogen-bond acceptors (Lipinski definition) is 8. The van der Waals surface area contributed by atoms with E-state index in [4.69, 9.17) is 14.2 Å². The van der Waals surface area contributed by atoms with Gasteiger partial charge in [0.15, 0.2) is 23.9 Å². The first-order chi connectivity index (χ1) is 19.5. The van der Waals surface area contributed by atoms with Gasteiger partial charge in [0.25, 0.3) is 0 Å². The number of fused-ring (bicyclic) bond motifs is 1. The van der Waals surface area contributed by atoms with Crippen LogP contribution in [0.3, 0.4) is 0 Å². The van der Waals surface area contributed by atoms with Crippen LogP contribution in [-0.2, 0) is 26.7 Å². The number of methoxy groups -OCH3 is 1. The fraction of sp³-hybridized carbons (Fsp3) is 0.536. The quantitative estimate of drug-likeness (QED) is 0.332. The molecular formula is C28H39N4O8S+. The van der Waals surface area contributed by atoms with Crippen molar-refractivity contribution in [2.45, 2.75) is 38.1 Å². The highest BCUT2D eigenvalue weighted by Gasteiger charge is 2.47. The number of carboxylic acid groups (broad SMARTS) is 1. The first-order valence-corrected chi connectivity index (χ1v) is 15.6. The normalized spacial score (nSPS) is 20.2. The number of nitrogens with one attached hydrogen (secondary N) is 1. The largest absolute Gasteiger partial charge is 0.493 e. The van der Waals surface area contributed by atoms with Gasteiger partial charge in [-0.15, -0.1) is 0 Å². The van der Waals surface area contributed by atoms with Crippen molar-refractivity contribution in [3.8, 4) is 17.2 Å². The van der Waals surface area contributed by atoms with Crippen LogP contribution >= 0.6 is 0 Å². The zero-order valence-corrected chi connectivity index (χ0v) is 24.7. The number of likely N-dealkylation sites (tertiary alicyclic amines) is 1. The molecule has 0 unspecified atom stereocenters. The number of carboxylic acids is 1. The van der Waals surface area contributed by atoms with E-state index in [1.165, 1.54) is 7.11 Å². The number of carbonyl (C=O) groups excluding carboxylic acids is 1. The maximum Gasteiger partial charge on any atom is 0.308 e. The van der Waals surface area contributed by atoms with Gasteiger partial charge < -0.3 is 24.2 Å². The summed E-state index contributed by atoms with van der Waals surface area (Å²) in [4.78, 5) is 30.2. The van der Waals surface area contributed by atoms with Crippen LogP contribution in [0, 0.1) is 5.92 Å². The Balaban J connectivity index is 1.67. The molecule has 0 saturated carbocycles. The van der Waals surface area contributed by atoms with Crippen LogP contribution in [0.5, 0.6) is 17.2 Å². The molecule has 1 aromatic heterocycles. The number of aryl methyl sites for hydroxylation is 1. The minimum absolute atomic E-state index is 0.0200. The highest BCUT2D eigenvalue weighted by molar-refractivity contribution is 7.88. The van der Waals surface area contributed by atoms with E-state index < -0.39 is 33.9 Å². The number of hydrogen-bond donors (Lipinski definition) is 2. The molecule has 2 aliphatic heterocycles. The summed E-state index contributed by atoms with van der Waals surface area (Å²) < 4.78 is 44.5. The molecule has 3 heterocycles. The number of aromatic nitrogens is 1. The first-order valence-electron chi connectivity index (χ1n) is 13.7. The molecule has 3 atom stereocenters. The molecule has 12 nitrogen and oxygen atoms in total. The second kappa shape index (κ2) is 13.0. The van der Waals surface area contributed by atoms with Crippen molar-refractivity contribution < 1.29 is 41.9 Å². The predicted octanol–water partition coefficient (Wildman–Crippen LogP) is 1.49. The lowest BCUT2D eigenvalue weighted by atomic mass is 9.84. The summed E-state index contributed by atoms with van der Waals surface area (Å²) >= 11 is 0. The Labute approximate surface area is 240 Å². The summed E-state index contributed by atoms with van der Waals surface area (Å²) in [6, 6.07) is 6.67. The lowest BCUT2D eigenvalue weighted by molar-refractivity contribution is -0.670. The van der Waals surface area contributed by atoms with Crippen LogP contribution in [0.4, 0.5) is 5.69 Å². The minimum Gasteiger partial charge on any atom is -0.493 e.